The van der Waals surface area contributed by atoms with Crippen LogP contribution in [0.3, 0.4) is 0 Å². The number of hydrogen-bond acceptors (Lipinski definition) is 4. The number of nitrogens with two attached hydrogens (primary N) is 1. The van der Waals surface area contributed by atoms with Crippen LogP contribution in [0.25, 0.3) is 4.96 Å². The molecule has 88 valence electrons. The molecule has 16 heavy (non-hydrogen) atoms. The van der Waals surface area contributed by atoms with Crippen LogP contribution in [0.15, 0.2) is 17.8 Å². The van der Waals surface area contributed by atoms with Crippen LogP contribution in [0.1, 0.15) is 19.0 Å². The number of aromatic nitrogens is 2. The van der Waals surface area contributed by atoms with E-state index in [1.54, 1.807) is 11.3 Å². The average Bonchev–Trinajstić information content (AvgIpc) is 2.77. The van der Waals surface area contributed by atoms with Gasteiger partial charge in [-0.1, -0.05) is 6.92 Å². The molecule has 2 aromatic rings. The summed E-state index contributed by atoms with van der Waals surface area (Å²) in [4.78, 5) is 5.34. The molecule has 0 bridgehead atoms. The van der Waals surface area contributed by atoms with Crippen molar-refractivity contribution in [1.29, 1.82) is 0 Å². The highest BCUT2D eigenvalue weighted by Gasteiger charge is 2.10. The van der Waals surface area contributed by atoms with Gasteiger partial charge in [-0.2, -0.15) is 0 Å². The predicted molar refractivity (Wildman–Crippen MR) is 68.0 cm³/mol. The number of hydrogen-bond donors (Lipinski definition) is 1. The molecule has 4 nitrogen and oxygen atoms in total. The molecule has 2 heterocycles. The van der Waals surface area contributed by atoms with E-state index in [2.05, 4.69) is 4.98 Å². The Morgan fingerprint density at radius 2 is 2.50 bits per heavy atom. The lowest BCUT2D eigenvalue weighted by molar-refractivity contribution is 0.662. The third-order valence-corrected chi connectivity index (χ3v) is 4.56. The van der Waals surface area contributed by atoms with E-state index in [1.165, 1.54) is 0 Å². The monoisotopic (exact) mass is 257 g/mol. The molecule has 0 radical (unpaired) electrons. The van der Waals surface area contributed by atoms with Crippen molar-refractivity contribution in [3.05, 3.63) is 23.5 Å². The fourth-order valence-corrected chi connectivity index (χ4v) is 3.45. The molecule has 2 unspecified atom stereocenters. The molecule has 0 aliphatic carbocycles. The molecule has 2 N–H and O–H groups in total. The van der Waals surface area contributed by atoms with E-state index in [-0.39, 0.29) is 6.04 Å². The van der Waals surface area contributed by atoms with Gasteiger partial charge in [0, 0.05) is 40.4 Å². The van der Waals surface area contributed by atoms with Crippen molar-refractivity contribution in [2.45, 2.75) is 25.1 Å². The first kappa shape index (κ1) is 11.8. The summed E-state index contributed by atoms with van der Waals surface area (Å²) in [6, 6.07) is 0.0320. The van der Waals surface area contributed by atoms with Crippen LogP contribution in [0.4, 0.5) is 0 Å². The first-order valence-corrected chi connectivity index (χ1v) is 7.57. The lowest BCUT2D eigenvalue weighted by atomic mass is 10.3. The first-order valence-electron chi connectivity index (χ1n) is 5.20. The zero-order chi connectivity index (χ0) is 11.5. The third-order valence-electron chi connectivity index (χ3n) is 2.38. The molecule has 0 fully saturated rings. The van der Waals surface area contributed by atoms with Crippen molar-refractivity contribution >= 4 is 27.1 Å². The van der Waals surface area contributed by atoms with E-state index in [0.717, 1.165) is 17.1 Å². The summed E-state index contributed by atoms with van der Waals surface area (Å²) in [6.07, 6.45) is 4.75. The Hall–Kier alpha value is -0.720. The Balaban J connectivity index is 1.99. The van der Waals surface area contributed by atoms with Gasteiger partial charge in [0.15, 0.2) is 4.96 Å². The Kier molecular flexibility index (Phi) is 3.73. The second kappa shape index (κ2) is 5.07. The summed E-state index contributed by atoms with van der Waals surface area (Å²) in [7, 11) is -0.908. The minimum Gasteiger partial charge on any atom is -0.327 e. The maximum atomic E-state index is 11.8. The Labute approximate surface area is 101 Å². The van der Waals surface area contributed by atoms with Crippen molar-refractivity contribution < 1.29 is 4.21 Å². The molecule has 0 saturated carbocycles. The molecule has 0 saturated heterocycles. The van der Waals surface area contributed by atoms with Gasteiger partial charge >= 0.3 is 0 Å². The number of thiazole rings is 1. The van der Waals surface area contributed by atoms with Gasteiger partial charge in [-0.3, -0.25) is 8.61 Å². The predicted octanol–water partition coefficient (Wildman–Crippen LogP) is 1.38. The maximum Gasteiger partial charge on any atom is 0.193 e. The molecule has 0 aromatic carbocycles. The molecule has 0 aliphatic heterocycles. The van der Waals surface area contributed by atoms with Crippen molar-refractivity contribution in [3.8, 4) is 0 Å². The molecular weight excluding hydrogens is 242 g/mol. The molecule has 0 spiro atoms. The Bertz CT molecular complexity index is 462. The number of imidazole rings is 1. The van der Waals surface area contributed by atoms with E-state index >= 15 is 0 Å². The second-order valence-electron chi connectivity index (χ2n) is 3.74. The molecule has 2 rings (SSSR count). The highest BCUT2D eigenvalue weighted by Crippen LogP contribution is 2.12. The molecule has 6 heteroatoms. The Morgan fingerprint density at radius 1 is 1.69 bits per heavy atom. The number of fused-ring (bicyclic) bond motifs is 1. The fraction of sp³-hybridized carbons (Fsp3) is 0.500. The normalized spacial score (nSPS) is 15.4. The van der Waals surface area contributed by atoms with Gasteiger partial charge in [0.1, 0.15) is 0 Å². The Morgan fingerprint density at radius 3 is 3.19 bits per heavy atom. The quantitative estimate of drug-likeness (QED) is 0.880. The topological polar surface area (TPSA) is 60.4 Å². The van der Waals surface area contributed by atoms with E-state index in [1.807, 2.05) is 29.1 Å². The standard InChI is InChI=1S/C10H15N3OS2/c1-2-8(11)6-16(14)7-9-5-13-3-4-15-10(13)12-9/h3-5,8H,2,6-7,11H2,1H3. The highest BCUT2D eigenvalue weighted by atomic mass is 32.2. The van der Waals surface area contributed by atoms with Crippen LogP contribution in [0.5, 0.6) is 0 Å². The summed E-state index contributed by atoms with van der Waals surface area (Å²) in [5, 5.41) is 1.98. The number of nitrogens with zero attached hydrogens (tertiary/aromatic N) is 2. The van der Waals surface area contributed by atoms with Crippen LogP contribution < -0.4 is 5.73 Å². The van der Waals surface area contributed by atoms with Gasteiger partial charge < -0.3 is 5.73 Å². The SMILES string of the molecule is CCC(N)CS(=O)Cc1cn2ccsc2n1. The molecule has 2 aromatic heterocycles. The van der Waals surface area contributed by atoms with Gasteiger partial charge in [-0.25, -0.2) is 4.98 Å². The van der Waals surface area contributed by atoms with E-state index < -0.39 is 10.8 Å². The van der Waals surface area contributed by atoms with E-state index in [0.29, 0.717) is 11.5 Å². The van der Waals surface area contributed by atoms with Crippen LogP contribution in [0, 0.1) is 0 Å². The fourth-order valence-electron chi connectivity index (χ4n) is 1.43. The zero-order valence-electron chi connectivity index (χ0n) is 9.13. The van der Waals surface area contributed by atoms with Crippen LogP contribution in [-0.2, 0) is 16.6 Å². The van der Waals surface area contributed by atoms with Gasteiger partial charge in [-0.15, -0.1) is 11.3 Å². The molecule has 2 atom stereocenters. The summed E-state index contributed by atoms with van der Waals surface area (Å²) in [5.41, 5.74) is 6.65. The first-order chi connectivity index (χ1) is 7.69. The molecular formula is C10H15N3OS2. The smallest absolute Gasteiger partial charge is 0.193 e. The van der Waals surface area contributed by atoms with Crippen molar-refractivity contribution in [3.63, 3.8) is 0 Å². The minimum atomic E-state index is -0.908. The lowest BCUT2D eigenvalue weighted by Gasteiger charge is -2.06. The van der Waals surface area contributed by atoms with Gasteiger partial charge in [-0.05, 0) is 6.42 Å². The van der Waals surface area contributed by atoms with Crippen molar-refractivity contribution in [1.82, 2.24) is 9.38 Å². The summed E-state index contributed by atoms with van der Waals surface area (Å²) >= 11 is 1.58. The second-order valence-corrected chi connectivity index (χ2v) is 6.12. The van der Waals surface area contributed by atoms with Crippen molar-refractivity contribution in [2.75, 3.05) is 5.75 Å². The minimum absolute atomic E-state index is 0.0320. The van der Waals surface area contributed by atoms with Crippen LogP contribution >= 0.6 is 11.3 Å². The largest absolute Gasteiger partial charge is 0.327 e. The lowest BCUT2D eigenvalue weighted by Crippen LogP contribution is -2.26. The zero-order valence-corrected chi connectivity index (χ0v) is 10.8. The van der Waals surface area contributed by atoms with E-state index in [4.69, 9.17) is 5.73 Å². The van der Waals surface area contributed by atoms with Gasteiger partial charge in [0.25, 0.3) is 0 Å². The number of rotatable bonds is 5. The maximum absolute atomic E-state index is 11.8. The van der Waals surface area contributed by atoms with Gasteiger partial charge in [0.05, 0.1) is 11.4 Å². The molecule has 0 amide bonds. The van der Waals surface area contributed by atoms with Gasteiger partial charge in [0.2, 0.25) is 0 Å². The van der Waals surface area contributed by atoms with Crippen molar-refractivity contribution in [2.24, 2.45) is 5.73 Å². The summed E-state index contributed by atoms with van der Waals surface area (Å²) in [6.45, 7) is 2.01. The summed E-state index contributed by atoms with van der Waals surface area (Å²) in [5.74, 6) is 1.06. The molecule has 0 aliphatic rings. The van der Waals surface area contributed by atoms with Crippen LogP contribution in [-0.4, -0.2) is 25.4 Å². The van der Waals surface area contributed by atoms with E-state index in [9.17, 15) is 4.21 Å². The average molecular weight is 257 g/mol. The third kappa shape index (κ3) is 2.69. The summed E-state index contributed by atoms with van der Waals surface area (Å²) < 4.78 is 13.7. The van der Waals surface area contributed by atoms with Crippen LogP contribution in [0.2, 0.25) is 0 Å². The highest BCUT2D eigenvalue weighted by molar-refractivity contribution is 7.84.